The van der Waals surface area contributed by atoms with Gasteiger partial charge in [-0.05, 0) is 43.3 Å². The van der Waals surface area contributed by atoms with Gasteiger partial charge in [0.25, 0.3) is 0 Å². The van der Waals surface area contributed by atoms with E-state index in [-0.39, 0.29) is 5.92 Å². The van der Waals surface area contributed by atoms with Gasteiger partial charge in [0.05, 0.1) is 6.04 Å². The van der Waals surface area contributed by atoms with Gasteiger partial charge >= 0.3 is 5.97 Å². The van der Waals surface area contributed by atoms with Crippen LogP contribution < -0.4 is 21.7 Å². The van der Waals surface area contributed by atoms with Crippen molar-refractivity contribution in [2.75, 3.05) is 12.0 Å². The molecule has 3 amide bonds. The second-order valence-corrected chi connectivity index (χ2v) is 8.92. The van der Waals surface area contributed by atoms with Crippen molar-refractivity contribution in [1.82, 2.24) is 16.0 Å². The van der Waals surface area contributed by atoms with E-state index in [2.05, 4.69) is 16.0 Å². The smallest absolute Gasteiger partial charge is 0.326 e. The zero-order chi connectivity index (χ0) is 24.3. The highest BCUT2D eigenvalue weighted by atomic mass is 32.2. The number of nitrogens with two attached hydrogens (primary N) is 1. The molecule has 0 bridgehead atoms. The second kappa shape index (κ2) is 13.7. The molecular weight excluding hydrogens is 432 g/mol. The van der Waals surface area contributed by atoms with Gasteiger partial charge < -0.3 is 26.8 Å². The molecule has 0 aliphatic carbocycles. The highest BCUT2D eigenvalue weighted by molar-refractivity contribution is 7.98. The van der Waals surface area contributed by atoms with E-state index in [1.165, 1.54) is 18.7 Å². The molecule has 4 unspecified atom stereocenters. The van der Waals surface area contributed by atoms with Gasteiger partial charge in [-0.2, -0.15) is 11.8 Å². The van der Waals surface area contributed by atoms with Crippen molar-refractivity contribution in [2.45, 2.75) is 57.8 Å². The van der Waals surface area contributed by atoms with Crippen LogP contribution in [0.4, 0.5) is 0 Å². The maximum atomic E-state index is 12.7. The lowest BCUT2D eigenvalue weighted by Gasteiger charge is -2.24. The standard InChI is InChI=1S/C22H34N4O5S/c1-13(2)18(22(30)31)26-21(29)17(10-11-32-4)25-19(27)14(3)24-20(28)16(23)12-15-8-6-5-7-9-15/h5-9,13-14,16-18H,10-12,23H2,1-4H3,(H,24,28)(H,25,27)(H,26,29)(H,30,31). The Hall–Kier alpha value is -2.59. The van der Waals surface area contributed by atoms with Crippen LogP contribution in [0.25, 0.3) is 0 Å². The van der Waals surface area contributed by atoms with Crippen molar-refractivity contribution >= 4 is 35.5 Å². The number of carbonyl (C=O) groups excluding carboxylic acids is 3. The van der Waals surface area contributed by atoms with Crippen LogP contribution in [0.15, 0.2) is 30.3 Å². The van der Waals surface area contributed by atoms with E-state index in [1.54, 1.807) is 13.8 Å². The maximum absolute atomic E-state index is 12.7. The fraction of sp³-hybridized carbons (Fsp3) is 0.545. The van der Waals surface area contributed by atoms with Crippen LogP contribution >= 0.6 is 11.8 Å². The van der Waals surface area contributed by atoms with Gasteiger partial charge in [0.15, 0.2) is 0 Å². The summed E-state index contributed by atoms with van der Waals surface area (Å²) in [4.78, 5) is 49.1. The van der Waals surface area contributed by atoms with E-state index in [1.807, 2.05) is 36.6 Å². The van der Waals surface area contributed by atoms with E-state index in [9.17, 15) is 24.3 Å². The topological polar surface area (TPSA) is 151 Å². The number of benzene rings is 1. The summed E-state index contributed by atoms with van der Waals surface area (Å²) >= 11 is 1.50. The van der Waals surface area contributed by atoms with Crippen LogP contribution in [-0.4, -0.2) is 65.0 Å². The minimum absolute atomic E-state index is 0.317. The number of hydrogen-bond acceptors (Lipinski definition) is 6. The van der Waals surface area contributed by atoms with E-state index in [0.29, 0.717) is 18.6 Å². The number of hydrogen-bond donors (Lipinski definition) is 5. The van der Waals surface area contributed by atoms with Gasteiger partial charge in [-0.25, -0.2) is 4.79 Å². The molecule has 1 rings (SSSR count). The Balaban J connectivity index is 2.72. The number of carboxylic acids is 1. The SMILES string of the molecule is CSCCC(NC(=O)C(C)NC(=O)C(N)Cc1ccccc1)C(=O)NC(C(=O)O)C(C)C. The second-order valence-electron chi connectivity index (χ2n) is 7.94. The number of thioether (sulfide) groups is 1. The number of carboxylic acid groups (broad SMARTS) is 1. The van der Waals surface area contributed by atoms with Gasteiger partial charge in [0, 0.05) is 0 Å². The van der Waals surface area contributed by atoms with Crippen LogP contribution in [0, 0.1) is 5.92 Å². The highest BCUT2D eigenvalue weighted by Gasteiger charge is 2.29. The Bertz CT molecular complexity index is 775. The first-order chi connectivity index (χ1) is 15.1. The molecule has 4 atom stereocenters. The largest absolute Gasteiger partial charge is 0.480 e. The number of aliphatic carboxylic acids is 1. The fourth-order valence-electron chi connectivity index (χ4n) is 2.92. The number of carbonyl (C=O) groups is 4. The first kappa shape index (κ1) is 27.4. The molecule has 10 heteroatoms. The van der Waals surface area contributed by atoms with E-state index in [0.717, 1.165) is 5.56 Å². The summed E-state index contributed by atoms with van der Waals surface area (Å²) in [5, 5.41) is 17.0. The summed E-state index contributed by atoms with van der Waals surface area (Å²) in [6.45, 7) is 4.87. The van der Waals surface area contributed by atoms with Crippen LogP contribution in [0.3, 0.4) is 0 Å². The van der Waals surface area contributed by atoms with Crippen LogP contribution in [0.2, 0.25) is 0 Å². The Morgan fingerprint density at radius 3 is 2.12 bits per heavy atom. The minimum Gasteiger partial charge on any atom is -0.480 e. The van der Waals surface area contributed by atoms with Crippen LogP contribution in [0.1, 0.15) is 32.8 Å². The van der Waals surface area contributed by atoms with Crippen molar-refractivity contribution in [2.24, 2.45) is 11.7 Å². The summed E-state index contributed by atoms with van der Waals surface area (Å²) in [6.07, 6.45) is 2.50. The molecular formula is C22H34N4O5S. The molecule has 6 N–H and O–H groups in total. The summed E-state index contributed by atoms with van der Waals surface area (Å²) in [7, 11) is 0. The molecule has 0 aliphatic rings. The maximum Gasteiger partial charge on any atom is 0.326 e. The molecule has 1 aromatic rings. The Morgan fingerprint density at radius 2 is 1.59 bits per heavy atom. The Labute approximate surface area is 193 Å². The predicted octanol–water partition coefficient (Wildman–Crippen LogP) is 0.524. The van der Waals surface area contributed by atoms with E-state index in [4.69, 9.17) is 5.73 Å². The quantitative estimate of drug-likeness (QED) is 0.284. The van der Waals surface area contributed by atoms with Crippen molar-refractivity contribution in [3.05, 3.63) is 35.9 Å². The summed E-state index contributed by atoms with van der Waals surface area (Å²) in [5.41, 5.74) is 6.86. The van der Waals surface area contributed by atoms with Crippen molar-refractivity contribution in [3.8, 4) is 0 Å². The molecule has 1 aromatic carbocycles. The average Bonchev–Trinajstić information content (AvgIpc) is 2.74. The molecule has 0 radical (unpaired) electrons. The summed E-state index contributed by atoms with van der Waals surface area (Å²) < 4.78 is 0. The van der Waals surface area contributed by atoms with Crippen LogP contribution in [0.5, 0.6) is 0 Å². The first-order valence-corrected chi connectivity index (χ1v) is 11.9. The van der Waals surface area contributed by atoms with Gasteiger partial charge in [0.1, 0.15) is 18.1 Å². The number of amides is 3. The highest BCUT2D eigenvalue weighted by Crippen LogP contribution is 2.06. The first-order valence-electron chi connectivity index (χ1n) is 10.5. The third kappa shape index (κ3) is 9.27. The molecule has 0 fully saturated rings. The third-order valence-corrected chi connectivity index (χ3v) is 5.51. The molecule has 0 spiro atoms. The lowest BCUT2D eigenvalue weighted by atomic mass is 10.0. The Morgan fingerprint density at radius 1 is 0.969 bits per heavy atom. The molecule has 0 saturated carbocycles. The van der Waals surface area contributed by atoms with Gasteiger partial charge in [-0.1, -0.05) is 44.2 Å². The van der Waals surface area contributed by atoms with Crippen LogP contribution in [-0.2, 0) is 25.6 Å². The number of nitrogens with one attached hydrogen (secondary N) is 3. The summed E-state index contributed by atoms with van der Waals surface area (Å²) in [6, 6.07) is 5.55. The summed E-state index contributed by atoms with van der Waals surface area (Å²) in [5.74, 6) is -2.49. The molecule has 0 heterocycles. The average molecular weight is 467 g/mol. The molecule has 32 heavy (non-hydrogen) atoms. The molecule has 9 nitrogen and oxygen atoms in total. The molecule has 0 saturated heterocycles. The van der Waals surface area contributed by atoms with Crippen molar-refractivity contribution < 1.29 is 24.3 Å². The Kier molecular flexibility index (Phi) is 11.8. The predicted molar refractivity (Wildman–Crippen MR) is 125 cm³/mol. The normalized spacial score (nSPS) is 14.7. The monoisotopic (exact) mass is 466 g/mol. The van der Waals surface area contributed by atoms with Crippen molar-refractivity contribution in [1.29, 1.82) is 0 Å². The van der Waals surface area contributed by atoms with Crippen molar-refractivity contribution in [3.63, 3.8) is 0 Å². The third-order valence-electron chi connectivity index (χ3n) is 4.86. The minimum atomic E-state index is -1.14. The molecule has 0 aliphatic heterocycles. The zero-order valence-corrected chi connectivity index (χ0v) is 19.8. The van der Waals surface area contributed by atoms with E-state index >= 15 is 0 Å². The molecule has 0 aromatic heterocycles. The van der Waals surface area contributed by atoms with E-state index < -0.39 is 47.9 Å². The zero-order valence-electron chi connectivity index (χ0n) is 19.0. The fourth-order valence-corrected chi connectivity index (χ4v) is 3.39. The van der Waals surface area contributed by atoms with Gasteiger partial charge in [-0.15, -0.1) is 0 Å². The lowest BCUT2D eigenvalue weighted by molar-refractivity contribution is -0.143. The van der Waals surface area contributed by atoms with Gasteiger partial charge in [-0.3, -0.25) is 14.4 Å². The number of rotatable bonds is 13. The molecule has 178 valence electrons. The lowest BCUT2D eigenvalue weighted by Crippen LogP contribution is -2.57. The van der Waals surface area contributed by atoms with Gasteiger partial charge in [0.2, 0.25) is 17.7 Å².